The zero-order valence-electron chi connectivity index (χ0n) is 22.2. The maximum Gasteiger partial charge on any atom is 0.248 e. The first-order chi connectivity index (χ1) is 17.2. The number of hydrogen-bond donors (Lipinski definition) is 2. The molecule has 3 saturated heterocycles. The molecule has 0 bridgehead atoms. The molecule has 3 aliphatic heterocycles. The number of nitrogens with one attached hydrogen (secondary N) is 1. The summed E-state index contributed by atoms with van der Waals surface area (Å²) < 4.78 is 5.83. The van der Waals surface area contributed by atoms with Crippen LogP contribution in [0, 0.1) is 5.92 Å². The van der Waals surface area contributed by atoms with E-state index in [4.69, 9.17) is 10.5 Å². The smallest absolute Gasteiger partial charge is 0.248 e. The Balaban J connectivity index is 1.82. The van der Waals surface area contributed by atoms with Gasteiger partial charge in [-0.2, -0.15) is 0 Å². The van der Waals surface area contributed by atoms with Crippen LogP contribution < -0.4 is 11.1 Å². The van der Waals surface area contributed by atoms with Crippen LogP contribution >= 0.6 is 0 Å². The van der Waals surface area contributed by atoms with Crippen molar-refractivity contribution in [2.24, 2.45) is 11.7 Å². The van der Waals surface area contributed by atoms with Crippen molar-refractivity contribution in [3.8, 4) is 0 Å². The van der Waals surface area contributed by atoms with Gasteiger partial charge in [0.05, 0.1) is 6.04 Å². The van der Waals surface area contributed by atoms with Gasteiger partial charge < -0.3 is 20.7 Å². The van der Waals surface area contributed by atoms with Gasteiger partial charge in [-0.1, -0.05) is 32.4 Å². The summed E-state index contributed by atoms with van der Waals surface area (Å²) in [6.45, 7) is 12.2. The highest BCUT2D eigenvalue weighted by Crippen LogP contribution is 2.43. The van der Waals surface area contributed by atoms with Crippen LogP contribution in [0.25, 0.3) is 0 Å². The van der Waals surface area contributed by atoms with Gasteiger partial charge in [0.15, 0.2) is 5.78 Å². The minimum Gasteiger partial charge on any atom is -0.366 e. The lowest BCUT2D eigenvalue weighted by molar-refractivity contribution is -0.155. The summed E-state index contributed by atoms with van der Waals surface area (Å²) in [4.78, 5) is 46.1. The van der Waals surface area contributed by atoms with E-state index in [-0.39, 0.29) is 36.4 Å². The lowest BCUT2D eigenvalue weighted by atomic mass is 9.74. The third-order valence-electron chi connectivity index (χ3n) is 8.62. The van der Waals surface area contributed by atoms with Gasteiger partial charge in [-0.25, -0.2) is 0 Å². The molecule has 36 heavy (non-hydrogen) atoms. The number of nitrogens with two attached hydrogens (primary N) is 1. The number of benzene rings is 1. The SMILES string of the molecule is CC[C@H](C)[C@@](C(=O)N1C[C@H](NC)[C@H]2OCC(=O)[C@H]21)(c1ccc(C(N)=O)cc1)N1CCN(C(C)C)CC1. The van der Waals surface area contributed by atoms with Crippen molar-refractivity contribution in [3.05, 3.63) is 35.4 Å². The Hall–Kier alpha value is -2.33. The van der Waals surface area contributed by atoms with Gasteiger partial charge in [0.2, 0.25) is 11.8 Å². The quantitative estimate of drug-likeness (QED) is 0.545. The summed E-state index contributed by atoms with van der Waals surface area (Å²) in [5, 5.41) is 3.25. The van der Waals surface area contributed by atoms with Crippen molar-refractivity contribution < 1.29 is 19.1 Å². The Morgan fingerprint density at radius 2 is 1.78 bits per heavy atom. The fraction of sp³-hybridized carbons (Fsp3) is 0.667. The van der Waals surface area contributed by atoms with Gasteiger partial charge in [0.1, 0.15) is 24.3 Å². The maximum absolute atomic E-state index is 14.9. The molecule has 0 aliphatic carbocycles. The average molecular weight is 500 g/mol. The van der Waals surface area contributed by atoms with Gasteiger partial charge in [-0.05, 0) is 44.5 Å². The maximum atomic E-state index is 14.9. The number of carbonyl (C=O) groups excluding carboxylic acids is 3. The summed E-state index contributed by atoms with van der Waals surface area (Å²) in [7, 11) is 1.84. The molecule has 3 aliphatic rings. The second-order valence-electron chi connectivity index (χ2n) is 10.7. The number of fused-ring (bicyclic) bond motifs is 1. The molecule has 2 amide bonds. The number of likely N-dealkylation sites (N-methyl/N-ethyl adjacent to an activating group) is 1. The predicted octanol–water partition coefficient (Wildman–Crippen LogP) is 0.820. The molecule has 0 unspecified atom stereocenters. The minimum atomic E-state index is -0.982. The molecular weight excluding hydrogens is 458 g/mol. The third-order valence-corrected chi connectivity index (χ3v) is 8.62. The molecule has 0 radical (unpaired) electrons. The fourth-order valence-corrected chi connectivity index (χ4v) is 6.36. The number of primary amides is 1. The Kier molecular flexibility index (Phi) is 7.85. The van der Waals surface area contributed by atoms with Gasteiger partial charge in [-0.15, -0.1) is 0 Å². The van der Waals surface area contributed by atoms with Crippen LogP contribution in [0.2, 0.25) is 0 Å². The van der Waals surface area contributed by atoms with Crippen molar-refractivity contribution in [2.45, 2.75) is 63.9 Å². The molecule has 0 aromatic heterocycles. The molecule has 1 aromatic carbocycles. The largest absolute Gasteiger partial charge is 0.366 e. The number of nitrogens with zero attached hydrogens (tertiary/aromatic N) is 3. The van der Waals surface area contributed by atoms with Gasteiger partial charge >= 0.3 is 0 Å². The molecule has 3 heterocycles. The number of carbonyl (C=O) groups is 3. The highest BCUT2D eigenvalue weighted by molar-refractivity contribution is 5.97. The molecule has 0 saturated carbocycles. The van der Waals surface area contributed by atoms with E-state index in [1.54, 1.807) is 17.0 Å². The number of ether oxygens (including phenoxy) is 1. The second kappa shape index (κ2) is 10.6. The number of rotatable bonds is 8. The Labute approximate surface area is 214 Å². The molecule has 9 heteroatoms. The van der Waals surface area contributed by atoms with E-state index in [0.29, 0.717) is 18.2 Å². The number of likely N-dealkylation sites (tertiary alicyclic amines) is 1. The topological polar surface area (TPSA) is 108 Å². The van der Waals surface area contributed by atoms with E-state index < -0.39 is 17.5 Å². The molecule has 3 N–H and O–H groups in total. The molecule has 3 fully saturated rings. The summed E-state index contributed by atoms with van der Waals surface area (Å²) >= 11 is 0. The number of piperazine rings is 1. The van der Waals surface area contributed by atoms with E-state index in [1.807, 2.05) is 19.2 Å². The molecule has 198 valence electrons. The number of hydrogen-bond acceptors (Lipinski definition) is 7. The molecule has 0 spiro atoms. The first-order valence-corrected chi connectivity index (χ1v) is 13.2. The number of ketones is 1. The second-order valence-corrected chi connectivity index (χ2v) is 10.7. The van der Waals surface area contributed by atoms with Crippen molar-refractivity contribution >= 4 is 17.6 Å². The van der Waals surface area contributed by atoms with Gasteiger partial charge in [-0.3, -0.25) is 24.2 Å². The zero-order valence-corrected chi connectivity index (χ0v) is 22.2. The van der Waals surface area contributed by atoms with Crippen LogP contribution in [0.4, 0.5) is 0 Å². The lowest BCUT2D eigenvalue weighted by Crippen LogP contribution is -2.66. The van der Waals surface area contributed by atoms with Crippen molar-refractivity contribution in [1.82, 2.24) is 20.0 Å². The van der Waals surface area contributed by atoms with Crippen LogP contribution in [0.3, 0.4) is 0 Å². The monoisotopic (exact) mass is 499 g/mol. The van der Waals surface area contributed by atoms with E-state index in [0.717, 1.165) is 38.2 Å². The molecule has 5 atom stereocenters. The molecule has 4 rings (SSSR count). The summed E-state index contributed by atoms with van der Waals surface area (Å²) in [5.41, 5.74) is 5.78. The Bertz CT molecular complexity index is 975. The van der Waals surface area contributed by atoms with Crippen molar-refractivity contribution in [2.75, 3.05) is 46.4 Å². The standard InChI is InChI=1S/C27H41N5O4/c1-6-18(4)27(20-9-7-19(8-10-20)25(28)34,31-13-11-30(12-14-31)17(2)3)26(35)32-15-21(29-5)24-23(32)22(33)16-36-24/h7-10,17-18,21,23-24,29H,6,11-16H2,1-5H3,(H2,28,34)/t18-,21-,23+,24+,27-/m0/s1. The number of Topliss-reactive ketones (excluding diaryl/α,β-unsaturated/α-hetero) is 1. The van der Waals surface area contributed by atoms with Gasteiger partial charge in [0.25, 0.3) is 0 Å². The molecule has 1 aromatic rings. The van der Waals surface area contributed by atoms with E-state index >= 15 is 0 Å². The van der Waals surface area contributed by atoms with E-state index in [1.165, 1.54) is 0 Å². The van der Waals surface area contributed by atoms with Crippen LogP contribution in [0.5, 0.6) is 0 Å². The average Bonchev–Trinajstić information content (AvgIpc) is 3.45. The summed E-state index contributed by atoms with van der Waals surface area (Å²) in [6, 6.07) is 6.90. The summed E-state index contributed by atoms with van der Waals surface area (Å²) in [6.07, 6.45) is 0.436. The highest BCUT2D eigenvalue weighted by Gasteiger charge is 2.58. The fourth-order valence-electron chi connectivity index (χ4n) is 6.36. The van der Waals surface area contributed by atoms with E-state index in [2.05, 4.69) is 42.8 Å². The molecule has 9 nitrogen and oxygen atoms in total. The first-order valence-electron chi connectivity index (χ1n) is 13.2. The van der Waals surface area contributed by atoms with Crippen molar-refractivity contribution in [1.29, 1.82) is 0 Å². The Morgan fingerprint density at radius 1 is 1.14 bits per heavy atom. The van der Waals surface area contributed by atoms with E-state index in [9.17, 15) is 14.4 Å². The minimum absolute atomic E-state index is 0.0357. The summed E-state index contributed by atoms with van der Waals surface area (Å²) in [5.74, 6) is -0.647. The van der Waals surface area contributed by atoms with Crippen LogP contribution in [-0.4, -0.2) is 103 Å². The predicted molar refractivity (Wildman–Crippen MR) is 137 cm³/mol. The van der Waals surface area contributed by atoms with Crippen molar-refractivity contribution in [3.63, 3.8) is 0 Å². The number of amides is 2. The highest BCUT2D eigenvalue weighted by atomic mass is 16.5. The normalized spacial score (nSPS) is 27.8. The lowest BCUT2D eigenvalue weighted by Gasteiger charge is -2.52. The molecular formula is C27H41N5O4. The van der Waals surface area contributed by atoms with Gasteiger partial charge in [0, 0.05) is 44.3 Å². The van der Waals surface area contributed by atoms with Crippen LogP contribution in [-0.2, 0) is 19.9 Å². The first kappa shape index (κ1) is 26.7. The third kappa shape index (κ3) is 4.36. The van der Waals surface area contributed by atoms with Crippen LogP contribution in [0.1, 0.15) is 50.0 Å². The Morgan fingerprint density at radius 3 is 2.31 bits per heavy atom. The van der Waals surface area contributed by atoms with Crippen LogP contribution in [0.15, 0.2) is 24.3 Å². The zero-order chi connectivity index (χ0) is 26.2.